The fourth-order valence-electron chi connectivity index (χ4n) is 2.79. The summed E-state index contributed by atoms with van der Waals surface area (Å²) in [5, 5.41) is 9.85. The highest BCUT2D eigenvalue weighted by Crippen LogP contribution is 2.33. The predicted octanol–water partition coefficient (Wildman–Crippen LogP) is 3.79. The van der Waals surface area contributed by atoms with E-state index in [9.17, 15) is 9.59 Å². The Morgan fingerprint density at radius 2 is 2.08 bits per heavy atom. The van der Waals surface area contributed by atoms with Gasteiger partial charge in [-0.15, -0.1) is 11.3 Å². The van der Waals surface area contributed by atoms with E-state index in [4.69, 9.17) is 10.8 Å². The van der Waals surface area contributed by atoms with Crippen molar-refractivity contribution in [2.75, 3.05) is 0 Å². The Bertz CT molecular complexity index is 993. The van der Waals surface area contributed by atoms with Crippen LogP contribution in [0.2, 0.25) is 0 Å². The number of hydrogen-bond donors (Lipinski definition) is 2. The maximum absolute atomic E-state index is 11.4. The Balaban J connectivity index is 2.15. The molecule has 2 heterocycles. The molecule has 0 aliphatic rings. The predicted molar refractivity (Wildman–Crippen MR) is 104 cm³/mol. The average molecular weight is 434 g/mol. The molecule has 1 amide bonds. The first-order valence-corrected chi connectivity index (χ1v) is 9.42. The van der Waals surface area contributed by atoms with E-state index in [-0.39, 0.29) is 6.42 Å². The normalized spacial score (nSPS) is 10.8. The Kier molecular flexibility index (Phi) is 5.24. The highest BCUT2D eigenvalue weighted by molar-refractivity contribution is 9.11. The van der Waals surface area contributed by atoms with Crippen molar-refractivity contribution >= 4 is 39.1 Å². The summed E-state index contributed by atoms with van der Waals surface area (Å²) >= 11 is 4.92. The van der Waals surface area contributed by atoms with Gasteiger partial charge in [-0.05, 0) is 65.2 Å². The van der Waals surface area contributed by atoms with Crippen molar-refractivity contribution in [3.63, 3.8) is 0 Å². The fraction of sp³-hybridized carbons (Fsp3) is 0.167. The van der Waals surface area contributed by atoms with E-state index < -0.39 is 11.9 Å². The smallest absolute Gasteiger partial charge is 0.303 e. The van der Waals surface area contributed by atoms with Gasteiger partial charge < -0.3 is 15.4 Å². The van der Waals surface area contributed by atoms with Crippen molar-refractivity contribution in [3.8, 4) is 16.4 Å². The Morgan fingerprint density at radius 1 is 1.31 bits per heavy atom. The summed E-state index contributed by atoms with van der Waals surface area (Å²) in [5.74, 6) is -1.33. The first kappa shape index (κ1) is 18.3. The quantitative estimate of drug-likeness (QED) is 0.617. The molecule has 1 aromatic carbocycles. The monoisotopic (exact) mass is 433 g/mol. The molecule has 134 valence electrons. The van der Waals surface area contributed by atoms with E-state index in [1.165, 1.54) is 11.3 Å². The van der Waals surface area contributed by atoms with Crippen molar-refractivity contribution in [2.45, 2.75) is 19.8 Å². The van der Waals surface area contributed by atoms with Crippen LogP contribution in [0.3, 0.4) is 0 Å². The van der Waals surface area contributed by atoms with Crippen molar-refractivity contribution < 1.29 is 14.7 Å². The van der Waals surface area contributed by atoms with Gasteiger partial charge >= 0.3 is 5.97 Å². The number of hydrogen-bond acceptors (Lipinski definition) is 4. The Morgan fingerprint density at radius 3 is 2.65 bits per heavy atom. The third kappa shape index (κ3) is 3.71. The first-order chi connectivity index (χ1) is 12.4. The van der Waals surface area contributed by atoms with Crippen LogP contribution in [0.25, 0.3) is 16.4 Å². The Labute approximate surface area is 162 Å². The highest BCUT2D eigenvalue weighted by atomic mass is 79.9. The second-order valence-electron chi connectivity index (χ2n) is 5.77. The minimum absolute atomic E-state index is 0.0312. The van der Waals surface area contributed by atoms with Crippen LogP contribution < -0.4 is 5.73 Å². The second kappa shape index (κ2) is 7.43. The molecule has 2 aromatic heterocycles. The van der Waals surface area contributed by atoms with Crippen LogP contribution in [0.5, 0.6) is 0 Å². The summed E-state index contributed by atoms with van der Waals surface area (Å²) in [6.07, 6.45) is 2.15. The molecule has 0 atom stereocenters. The molecule has 0 aliphatic heterocycles. The molecule has 3 rings (SSSR count). The zero-order valence-electron chi connectivity index (χ0n) is 13.9. The molecule has 0 radical (unpaired) electrons. The molecule has 0 unspecified atom stereocenters. The molecule has 3 N–H and O–H groups in total. The lowest BCUT2D eigenvalue weighted by atomic mass is 10.1. The lowest BCUT2D eigenvalue weighted by Gasteiger charge is -2.15. The van der Waals surface area contributed by atoms with Crippen LogP contribution in [-0.2, 0) is 11.2 Å². The standard InChI is InChI=1S/C18H16BrN3O3S/c1-10-8-11(17(20)25)2-5-13(10)22-12(4-7-16(23)24)3-6-14(22)18-21-9-15(19)26-18/h2-3,5-6,8-9H,4,7H2,1H3,(H2,20,25)(H,23,24). The van der Waals surface area contributed by atoms with Gasteiger partial charge in [0.1, 0.15) is 5.01 Å². The van der Waals surface area contributed by atoms with Gasteiger partial charge in [-0.3, -0.25) is 9.59 Å². The minimum Gasteiger partial charge on any atom is -0.481 e. The van der Waals surface area contributed by atoms with Crippen molar-refractivity contribution in [3.05, 3.63) is 57.1 Å². The number of halogens is 1. The number of amides is 1. The molecule has 8 heteroatoms. The van der Waals surface area contributed by atoms with Crippen LogP contribution >= 0.6 is 27.3 Å². The van der Waals surface area contributed by atoms with E-state index in [0.717, 1.165) is 31.4 Å². The number of rotatable bonds is 6. The molecule has 0 aliphatic carbocycles. The lowest BCUT2D eigenvalue weighted by Crippen LogP contribution is -2.12. The molecule has 6 nitrogen and oxygen atoms in total. The number of aliphatic carboxylic acids is 1. The van der Waals surface area contributed by atoms with E-state index in [1.807, 2.05) is 29.7 Å². The number of nitrogens with two attached hydrogens (primary N) is 1. The molecule has 0 saturated carbocycles. The molecule has 26 heavy (non-hydrogen) atoms. The number of aromatic nitrogens is 2. The van der Waals surface area contributed by atoms with Crippen molar-refractivity contribution in [2.24, 2.45) is 5.73 Å². The van der Waals surface area contributed by atoms with Gasteiger partial charge in [0.05, 0.1) is 22.1 Å². The van der Waals surface area contributed by atoms with Crippen LogP contribution in [0.15, 0.2) is 40.3 Å². The molecule has 0 fully saturated rings. The number of benzene rings is 1. The molecule has 3 aromatic rings. The zero-order chi connectivity index (χ0) is 18.8. The largest absolute Gasteiger partial charge is 0.481 e. The highest BCUT2D eigenvalue weighted by Gasteiger charge is 2.17. The van der Waals surface area contributed by atoms with Crippen molar-refractivity contribution in [1.29, 1.82) is 0 Å². The van der Waals surface area contributed by atoms with Crippen LogP contribution in [0, 0.1) is 6.92 Å². The number of nitrogens with zero attached hydrogens (tertiary/aromatic N) is 2. The molecule has 0 bridgehead atoms. The van der Waals surface area contributed by atoms with Gasteiger partial charge in [0.25, 0.3) is 0 Å². The van der Waals surface area contributed by atoms with E-state index in [0.29, 0.717) is 12.0 Å². The van der Waals surface area contributed by atoms with Crippen LogP contribution in [0.4, 0.5) is 0 Å². The minimum atomic E-state index is -0.850. The van der Waals surface area contributed by atoms with Gasteiger partial charge in [0.2, 0.25) is 5.91 Å². The van der Waals surface area contributed by atoms with Crippen LogP contribution in [-0.4, -0.2) is 26.5 Å². The third-order valence-electron chi connectivity index (χ3n) is 3.98. The zero-order valence-corrected chi connectivity index (χ0v) is 16.3. The number of thiazole rings is 1. The lowest BCUT2D eigenvalue weighted by molar-refractivity contribution is -0.136. The van der Waals surface area contributed by atoms with E-state index in [2.05, 4.69) is 20.9 Å². The van der Waals surface area contributed by atoms with Gasteiger partial charge in [-0.1, -0.05) is 0 Å². The maximum Gasteiger partial charge on any atom is 0.303 e. The third-order valence-corrected chi connectivity index (χ3v) is 5.47. The van der Waals surface area contributed by atoms with E-state index >= 15 is 0 Å². The van der Waals surface area contributed by atoms with E-state index in [1.54, 1.807) is 18.3 Å². The summed E-state index contributed by atoms with van der Waals surface area (Å²) in [6.45, 7) is 1.89. The van der Waals surface area contributed by atoms with Gasteiger partial charge in [-0.25, -0.2) is 4.98 Å². The fourth-order valence-corrected chi connectivity index (χ4v) is 4.01. The first-order valence-electron chi connectivity index (χ1n) is 7.81. The number of carboxylic acids is 1. The summed E-state index contributed by atoms with van der Waals surface area (Å²) < 4.78 is 2.90. The molecule has 0 spiro atoms. The number of carbonyl (C=O) groups is 2. The second-order valence-corrected chi connectivity index (χ2v) is 8.18. The number of aryl methyl sites for hydroxylation is 2. The number of carbonyl (C=O) groups excluding carboxylic acids is 1. The summed E-state index contributed by atoms with van der Waals surface area (Å²) in [4.78, 5) is 26.8. The molecular weight excluding hydrogens is 418 g/mol. The van der Waals surface area contributed by atoms with Gasteiger partial charge in [0, 0.05) is 16.9 Å². The topological polar surface area (TPSA) is 98.2 Å². The summed E-state index contributed by atoms with van der Waals surface area (Å²) in [6, 6.07) is 9.08. The summed E-state index contributed by atoms with van der Waals surface area (Å²) in [7, 11) is 0. The van der Waals surface area contributed by atoms with Crippen molar-refractivity contribution in [1.82, 2.24) is 9.55 Å². The van der Waals surface area contributed by atoms with Gasteiger partial charge in [0.15, 0.2) is 0 Å². The van der Waals surface area contributed by atoms with Gasteiger partial charge in [-0.2, -0.15) is 0 Å². The summed E-state index contributed by atoms with van der Waals surface area (Å²) in [5.41, 5.74) is 9.26. The van der Waals surface area contributed by atoms with Crippen LogP contribution in [0.1, 0.15) is 28.0 Å². The SMILES string of the molecule is Cc1cc(C(N)=O)ccc1-n1c(CCC(=O)O)ccc1-c1ncc(Br)s1. The number of primary amides is 1. The Hall–Kier alpha value is -2.45. The number of carboxylic acid groups (broad SMARTS) is 1. The molecular formula is C18H16BrN3O3S. The maximum atomic E-state index is 11.4. The molecule has 0 saturated heterocycles. The average Bonchev–Trinajstić information content (AvgIpc) is 3.18.